The summed E-state index contributed by atoms with van der Waals surface area (Å²) in [6, 6.07) is 11.8. The van der Waals surface area contributed by atoms with E-state index in [1.54, 1.807) is 32.4 Å². The Morgan fingerprint density at radius 3 is 2.07 bits per heavy atom. The number of aryl methyl sites for hydroxylation is 2. The number of carbonyl (C=O) groups excluding carboxylic acids is 1. The summed E-state index contributed by atoms with van der Waals surface area (Å²) in [5, 5.41) is 0. The van der Waals surface area contributed by atoms with Gasteiger partial charge in [-0.2, -0.15) is 0 Å². The molecular formula is C24H34N2O3. The molecule has 29 heavy (non-hydrogen) atoms. The summed E-state index contributed by atoms with van der Waals surface area (Å²) in [6.07, 6.45) is 2.01. The number of nitrogens with zero attached hydrogens (tertiary/aromatic N) is 2. The SMILES string of the molecule is COc1ccc(C(=O)N(CCCCN(C)C)Cc2cc(C)cc(C)c2)cc1OC. The van der Waals surface area contributed by atoms with Crippen molar-refractivity contribution in [2.24, 2.45) is 0 Å². The van der Waals surface area contributed by atoms with Crippen molar-refractivity contribution in [3.63, 3.8) is 0 Å². The normalized spacial score (nSPS) is 10.9. The number of carbonyl (C=O) groups is 1. The Bertz CT molecular complexity index is 798. The maximum Gasteiger partial charge on any atom is 0.254 e. The predicted molar refractivity (Wildman–Crippen MR) is 118 cm³/mol. The van der Waals surface area contributed by atoms with Gasteiger partial charge >= 0.3 is 0 Å². The highest BCUT2D eigenvalue weighted by Crippen LogP contribution is 2.28. The zero-order chi connectivity index (χ0) is 21.4. The number of benzene rings is 2. The minimum absolute atomic E-state index is 0.00923. The zero-order valence-corrected chi connectivity index (χ0v) is 18.6. The number of amides is 1. The van der Waals surface area contributed by atoms with Crippen LogP contribution in [0, 0.1) is 13.8 Å². The smallest absolute Gasteiger partial charge is 0.254 e. The van der Waals surface area contributed by atoms with Crippen molar-refractivity contribution >= 4 is 5.91 Å². The number of hydrogen-bond donors (Lipinski definition) is 0. The second-order valence-electron chi connectivity index (χ2n) is 7.80. The van der Waals surface area contributed by atoms with Gasteiger partial charge in [-0.25, -0.2) is 0 Å². The third-order valence-electron chi connectivity index (χ3n) is 4.86. The minimum atomic E-state index is 0.00923. The van der Waals surface area contributed by atoms with E-state index in [1.807, 2.05) is 4.90 Å². The molecule has 5 heteroatoms. The van der Waals surface area contributed by atoms with Crippen LogP contribution in [0.1, 0.15) is 39.9 Å². The van der Waals surface area contributed by atoms with E-state index in [2.05, 4.69) is 51.0 Å². The molecule has 2 aromatic carbocycles. The molecular weight excluding hydrogens is 364 g/mol. The largest absolute Gasteiger partial charge is 0.493 e. The number of methoxy groups -OCH3 is 2. The molecule has 0 aliphatic rings. The molecule has 0 aliphatic carbocycles. The van der Waals surface area contributed by atoms with E-state index in [-0.39, 0.29) is 5.91 Å². The highest BCUT2D eigenvalue weighted by Gasteiger charge is 2.18. The van der Waals surface area contributed by atoms with E-state index in [0.717, 1.165) is 24.9 Å². The Morgan fingerprint density at radius 2 is 1.48 bits per heavy atom. The van der Waals surface area contributed by atoms with Crippen LogP contribution in [-0.4, -0.2) is 57.1 Å². The van der Waals surface area contributed by atoms with Crippen LogP contribution in [0.15, 0.2) is 36.4 Å². The van der Waals surface area contributed by atoms with E-state index in [0.29, 0.717) is 30.2 Å². The van der Waals surface area contributed by atoms with Crippen LogP contribution in [0.2, 0.25) is 0 Å². The number of unbranched alkanes of at least 4 members (excludes halogenated alkanes) is 1. The summed E-state index contributed by atoms with van der Waals surface area (Å²) in [5.74, 6) is 1.20. The average Bonchev–Trinajstić information content (AvgIpc) is 2.68. The van der Waals surface area contributed by atoms with E-state index in [4.69, 9.17) is 9.47 Å². The first-order chi connectivity index (χ1) is 13.8. The maximum absolute atomic E-state index is 13.3. The minimum Gasteiger partial charge on any atom is -0.493 e. The molecule has 0 fully saturated rings. The van der Waals surface area contributed by atoms with E-state index in [9.17, 15) is 4.79 Å². The molecule has 0 spiro atoms. The molecule has 0 radical (unpaired) electrons. The van der Waals surface area contributed by atoms with Crippen molar-refractivity contribution in [1.29, 1.82) is 0 Å². The van der Waals surface area contributed by atoms with Crippen molar-refractivity contribution in [2.45, 2.75) is 33.2 Å². The molecule has 0 N–H and O–H groups in total. The molecule has 0 aromatic heterocycles. The molecule has 0 unspecified atom stereocenters. The third kappa shape index (κ3) is 6.79. The van der Waals surface area contributed by atoms with Gasteiger partial charge in [-0.3, -0.25) is 4.79 Å². The van der Waals surface area contributed by atoms with Gasteiger partial charge in [0.05, 0.1) is 14.2 Å². The van der Waals surface area contributed by atoms with Gasteiger partial charge in [0, 0.05) is 18.7 Å². The Balaban J connectivity index is 2.23. The Hall–Kier alpha value is -2.53. The number of hydrogen-bond acceptors (Lipinski definition) is 4. The van der Waals surface area contributed by atoms with Crippen LogP contribution in [0.3, 0.4) is 0 Å². The lowest BCUT2D eigenvalue weighted by molar-refractivity contribution is 0.0738. The van der Waals surface area contributed by atoms with Crippen LogP contribution in [0.25, 0.3) is 0 Å². The van der Waals surface area contributed by atoms with Gasteiger partial charge < -0.3 is 19.3 Å². The van der Waals surface area contributed by atoms with Gasteiger partial charge in [-0.15, -0.1) is 0 Å². The zero-order valence-electron chi connectivity index (χ0n) is 18.6. The Labute approximate surface area is 175 Å². The van der Waals surface area contributed by atoms with Crippen LogP contribution < -0.4 is 9.47 Å². The van der Waals surface area contributed by atoms with Crippen LogP contribution in [-0.2, 0) is 6.54 Å². The van der Waals surface area contributed by atoms with Gasteiger partial charge in [0.2, 0.25) is 0 Å². The molecule has 5 nitrogen and oxygen atoms in total. The first-order valence-electron chi connectivity index (χ1n) is 10.1. The number of rotatable bonds is 10. The molecule has 0 atom stereocenters. The Morgan fingerprint density at radius 1 is 0.862 bits per heavy atom. The lowest BCUT2D eigenvalue weighted by Gasteiger charge is -2.24. The van der Waals surface area contributed by atoms with E-state index in [1.165, 1.54) is 11.1 Å². The first kappa shape index (κ1) is 22.8. The third-order valence-corrected chi connectivity index (χ3v) is 4.86. The molecule has 0 bridgehead atoms. The van der Waals surface area contributed by atoms with Gasteiger partial charge in [0.15, 0.2) is 11.5 Å². The lowest BCUT2D eigenvalue weighted by Crippen LogP contribution is -2.32. The molecule has 0 aliphatic heterocycles. The highest BCUT2D eigenvalue weighted by molar-refractivity contribution is 5.95. The first-order valence-corrected chi connectivity index (χ1v) is 10.1. The molecule has 2 rings (SSSR count). The summed E-state index contributed by atoms with van der Waals surface area (Å²) in [4.78, 5) is 17.4. The average molecular weight is 399 g/mol. The van der Waals surface area contributed by atoms with Crippen molar-refractivity contribution in [2.75, 3.05) is 41.4 Å². The molecule has 158 valence electrons. The molecule has 1 amide bonds. The fourth-order valence-electron chi connectivity index (χ4n) is 3.52. The van der Waals surface area contributed by atoms with Gasteiger partial charge in [-0.1, -0.05) is 29.3 Å². The molecule has 0 saturated carbocycles. The standard InChI is InChI=1S/C24H34N2O3/c1-18-13-19(2)15-20(14-18)17-26(12-8-7-11-25(3)4)24(27)21-9-10-22(28-5)23(16-21)29-6/h9-10,13-16H,7-8,11-12,17H2,1-6H3. The van der Waals surface area contributed by atoms with Crippen LogP contribution >= 0.6 is 0 Å². The summed E-state index contributed by atoms with van der Waals surface area (Å²) < 4.78 is 10.7. The maximum atomic E-state index is 13.3. The summed E-state index contributed by atoms with van der Waals surface area (Å²) in [6.45, 7) is 6.51. The van der Waals surface area contributed by atoms with Gasteiger partial charge in [0.1, 0.15) is 0 Å². The summed E-state index contributed by atoms with van der Waals surface area (Å²) in [5.41, 5.74) is 4.20. The highest BCUT2D eigenvalue weighted by atomic mass is 16.5. The van der Waals surface area contributed by atoms with E-state index >= 15 is 0 Å². The quantitative estimate of drug-likeness (QED) is 0.560. The van der Waals surface area contributed by atoms with Gasteiger partial charge in [-0.05, 0) is 71.1 Å². The van der Waals surface area contributed by atoms with Gasteiger partial charge in [0.25, 0.3) is 5.91 Å². The predicted octanol–water partition coefficient (Wildman–Crippen LogP) is 4.30. The Kier molecular flexibility index (Phi) is 8.52. The second-order valence-corrected chi connectivity index (χ2v) is 7.80. The summed E-state index contributed by atoms with van der Waals surface area (Å²) in [7, 11) is 7.32. The lowest BCUT2D eigenvalue weighted by atomic mass is 10.1. The van der Waals surface area contributed by atoms with Crippen molar-refractivity contribution in [1.82, 2.24) is 9.80 Å². The van der Waals surface area contributed by atoms with Crippen molar-refractivity contribution in [3.8, 4) is 11.5 Å². The van der Waals surface area contributed by atoms with Crippen LogP contribution in [0.5, 0.6) is 11.5 Å². The van der Waals surface area contributed by atoms with Crippen molar-refractivity contribution in [3.05, 3.63) is 58.7 Å². The molecule has 2 aromatic rings. The fourth-order valence-corrected chi connectivity index (χ4v) is 3.52. The van der Waals surface area contributed by atoms with Crippen LogP contribution in [0.4, 0.5) is 0 Å². The molecule has 0 heterocycles. The monoisotopic (exact) mass is 398 g/mol. The fraction of sp³-hybridized carbons (Fsp3) is 0.458. The topological polar surface area (TPSA) is 42.0 Å². The second kappa shape index (κ2) is 10.9. The summed E-state index contributed by atoms with van der Waals surface area (Å²) >= 11 is 0. The van der Waals surface area contributed by atoms with Crippen molar-refractivity contribution < 1.29 is 14.3 Å². The molecule has 0 saturated heterocycles. The number of ether oxygens (including phenoxy) is 2. The van der Waals surface area contributed by atoms with E-state index < -0.39 is 0 Å².